The molecule has 0 fully saturated rings. The number of hydrogen-bond acceptors (Lipinski definition) is 15. The van der Waals surface area contributed by atoms with E-state index in [1.807, 2.05) is 158 Å². The van der Waals surface area contributed by atoms with E-state index >= 15 is 0 Å². The molecule has 9 heterocycles. The number of para-hydroxylation sites is 3. The Bertz CT molecular complexity index is 8690. The number of aromatic nitrogens is 9. The van der Waals surface area contributed by atoms with Gasteiger partial charge in [0.2, 0.25) is 0 Å². The third-order valence-electron chi connectivity index (χ3n) is 23.8. The number of thiazole rings is 3. The third kappa shape index (κ3) is 15.3. The topological polar surface area (TPSA) is 155 Å². The summed E-state index contributed by atoms with van der Waals surface area (Å²) in [5, 5.41) is 9.02. The fraction of sp³-hybridized carbons (Fsp3) is 0. The van der Waals surface area contributed by atoms with Gasteiger partial charge in [-0.15, -0.1) is 34.0 Å². The number of furan rings is 3. The highest BCUT2D eigenvalue weighted by Crippen LogP contribution is 2.46. The Hall–Kier alpha value is -17.0. The Morgan fingerprint density at radius 2 is 0.402 bits per heavy atom. The molecule has 0 unspecified atom stereocenters. The predicted octanol–water partition coefficient (Wildman–Crippen LogP) is 32.3. The van der Waals surface area contributed by atoms with Crippen LogP contribution in [-0.2, 0) is 0 Å². The predicted molar refractivity (Wildman–Crippen MR) is 544 cm³/mol. The van der Waals surface area contributed by atoms with E-state index in [1.54, 1.807) is 34.0 Å². The Morgan fingerprint density at radius 3 is 0.727 bits per heavy atom. The summed E-state index contributed by atoms with van der Waals surface area (Å²) in [5.74, 6) is 1.97. The van der Waals surface area contributed by atoms with Crippen molar-refractivity contribution in [3.8, 4) is 156 Å². The third-order valence-corrected chi connectivity index (χ3v) is 27.1. The van der Waals surface area contributed by atoms with Gasteiger partial charge in [-0.2, -0.15) is 0 Å². The lowest BCUT2D eigenvalue weighted by atomic mass is 10.00. The van der Waals surface area contributed by atoms with Crippen molar-refractivity contribution in [2.24, 2.45) is 0 Å². The zero-order valence-corrected chi connectivity index (χ0v) is 72.9. The summed E-state index contributed by atoms with van der Waals surface area (Å²) in [5.41, 5.74) is 30.0. The van der Waals surface area contributed by atoms with Crippen LogP contribution in [0.15, 0.2) is 444 Å². The van der Waals surface area contributed by atoms with Crippen LogP contribution in [0.25, 0.3) is 252 Å². The Balaban J connectivity index is 0.000000110. The first-order valence-electron chi connectivity index (χ1n) is 43.5. The van der Waals surface area contributed by atoms with Gasteiger partial charge in [0.05, 0.1) is 64.8 Å². The van der Waals surface area contributed by atoms with Crippen molar-refractivity contribution in [2.45, 2.75) is 0 Å². The molecular weight excluding hydrogens is 1680 g/mol. The van der Waals surface area contributed by atoms with Crippen LogP contribution in [0, 0.1) is 0 Å². The minimum atomic E-state index is 0.653. The molecule has 0 N–H and O–H groups in total. The monoisotopic (exact) mass is 1750 g/mol. The Kier molecular flexibility index (Phi) is 20.2. The molecular formula is C117H71N9O3S3. The largest absolute Gasteiger partial charge is 0.456 e. The summed E-state index contributed by atoms with van der Waals surface area (Å²) < 4.78 is 22.6. The minimum Gasteiger partial charge on any atom is -0.456 e. The van der Waals surface area contributed by atoms with E-state index in [4.69, 9.17) is 58.1 Å². The van der Waals surface area contributed by atoms with Crippen molar-refractivity contribution in [2.75, 3.05) is 0 Å². The highest BCUT2D eigenvalue weighted by Gasteiger charge is 2.24. The van der Waals surface area contributed by atoms with E-state index < -0.39 is 0 Å². The van der Waals surface area contributed by atoms with E-state index in [0.29, 0.717) is 17.5 Å². The Labute approximate surface area is 769 Å². The molecule has 17 aromatic carbocycles. The first-order valence-corrected chi connectivity index (χ1v) is 45.9. The van der Waals surface area contributed by atoms with E-state index in [9.17, 15) is 0 Å². The van der Waals surface area contributed by atoms with Crippen molar-refractivity contribution in [1.82, 2.24) is 44.9 Å². The maximum absolute atomic E-state index is 6.39. The molecule has 620 valence electrons. The second-order valence-electron chi connectivity index (χ2n) is 32.2. The maximum Gasteiger partial charge on any atom is 0.161 e. The van der Waals surface area contributed by atoms with E-state index in [2.05, 4.69) is 273 Å². The van der Waals surface area contributed by atoms with Crippen molar-refractivity contribution in [3.05, 3.63) is 431 Å². The van der Waals surface area contributed by atoms with Crippen LogP contribution in [0.5, 0.6) is 0 Å². The standard InChI is InChI=1S/2C41H25N3OS.C35H21N3OS/c1-3-11-26(12-4-1)28-15-9-16-29(23-28)35-25-34(27-13-5-2-6-14-27)42-40(43-35)31-17-10-19-37-39(31)32-24-30(21-22-36(32)45-37)41-44-33-18-7-8-20-38(33)46-41;1-3-10-26(11-4-1)27-18-20-29(21-19-27)35-25-34(28-12-5-2-6-13-28)42-40(43-35)31-14-9-16-37-39(31)32-24-30(22-23-36(32)45-37)41-44-33-15-7-8-17-38(33)46-41;1-3-10-22(11-4-1)28-21-29(23-12-5-2-6-13-23)37-34(36-28)25-14-9-16-31-33(25)26-20-24(18-19-30(26)39-31)35-38-27-15-7-8-17-32(27)40-35/h2*1-25H;1-21H. The number of benzene rings is 17. The summed E-state index contributed by atoms with van der Waals surface area (Å²) >= 11 is 5.10. The van der Waals surface area contributed by atoms with Crippen molar-refractivity contribution in [1.29, 1.82) is 0 Å². The van der Waals surface area contributed by atoms with Crippen LogP contribution in [-0.4, -0.2) is 44.9 Å². The van der Waals surface area contributed by atoms with Gasteiger partial charge in [0.15, 0.2) is 17.5 Å². The molecule has 26 aromatic rings. The lowest BCUT2D eigenvalue weighted by Gasteiger charge is -2.11. The molecule has 0 spiro atoms. The van der Waals surface area contributed by atoms with Gasteiger partial charge < -0.3 is 13.3 Å². The van der Waals surface area contributed by atoms with Crippen LogP contribution >= 0.6 is 34.0 Å². The van der Waals surface area contributed by atoms with Gasteiger partial charge in [0, 0.05) is 99.1 Å². The van der Waals surface area contributed by atoms with E-state index in [-0.39, 0.29) is 0 Å². The molecule has 15 heteroatoms. The first kappa shape index (κ1) is 78.5. The van der Waals surface area contributed by atoms with E-state index in [1.165, 1.54) is 30.8 Å². The average molecular weight is 1750 g/mol. The molecule has 0 saturated heterocycles. The van der Waals surface area contributed by atoms with Crippen LogP contribution < -0.4 is 0 Å². The summed E-state index contributed by atoms with van der Waals surface area (Å²) in [6.45, 7) is 0. The second kappa shape index (κ2) is 34.0. The highest BCUT2D eigenvalue weighted by atomic mass is 32.1. The van der Waals surface area contributed by atoms with Crippen molar-refractivity contribution >= 4 is 130 Å². The SMILES string of the molecule is c1ccc(-c2cc(-c3ccccc3)nc(-c3cccc4oc5ccc(-c6nc7ccccc7s6)cc5c34)n2)cc1.c1ccc(-c2ccc(-c3cc(-c4ccccc4)nc(-c4cccc5oc6ccc(-c7nc8ccccc8s7)cc6c45)n3)cc2)cc1.c1ccc(-c2cccc(-c3cc(-c4ccccc4)nc(-c4cccc5oc6ccc(-c7nc8ccccc8s7)cc6c45)n3)c2)cc1. The summed E-state index contributed by atoms with van der Waals surface area (Å²) in [6.07, 6.45) is 0. The number of hydrogen-bond donors (Lipinski definition) is 0. The summed E-state index contributed by atoms with van der Waals surface area (Å²) in [4.78, 5) is 45.6. The molecule has 132 heavy (non-hydrogen) atoms. The molecule has 0 aliphatic heterocycles. The zero-order chi connectivity index (χ0) is 87.4. The van der Waals surface area contributed by atoms with Crippen molar-refractivity contribution < 1.29 is 13.3 Å². The van der Waals surface area contributed by atoms with Gasteiger partial charge in [-0.25, -0.2) is 44.9 Å². The van der Waals surface area contributed by atoms with Gasteiger partial charge in [0.1, 0.15) is 48.5 Å². The maximum atomic E-state index is 6.39. The molecule has 0 aliphatic rings. The molecule has 0 saturated carbocycles. The normalized spacial score (nSPS) is 11.5. The van der Waals surface area contributed by atoms with Gasteiger partial charge in [-0.3, -0.25) is 0 Å². The molecule has 0 amide bonds. The van der Waals surface area contributed by atoms with Crippen LogP contribution in [0.3, 0.4) is 0 Å². The Morgan fingerprint density at radius 1 is 0.159 bits per heavy atom. The molecule has 9 aromatic heterocycles. The summed E-state index contributed by atoms with van der Waals surface area (Å²) in [7, 11) is 0. The summed E-state index contributed by atoms with van der Waals surface area (Å²) in [6, 6.07) is 147. The molecule has 0 aliphatic carbocycles. The minimum absolute atomic E-state index is 0.653. The molecule has 26 rings (SSSR count). The molecule has 0 radical (unpaired) electrons. The van der Waals surface area contributed by atoms with Crippen LogP contribution in [0.1, 0.15) is 0 Å². The number of fused-ring (bicyclic) bond motifs is 12. The van der Waals surface area contributed by atoms with Crippen LogP contribution in [0.4, 0.5) is 0 Å². The van der Waals surface area contributed by atoms with Gasteiger partial charge >= 0.3 is 0 Å². The van der Waals surface area contributed by atoms with Gasteiger partial charge in [-0.1, -0.05) is 297 Å². The van der Waals surface area contributed by atoms with E-state index in [0.717, 1.165) is 204 Å². The first-order chi connectivity index (χ1) is 65.3. The quantitative estimate of drug-likeness (QED) is 0.102. The lowest BCUT2D eigenvalue weighted by molar-refractivity contribution is 0.668. The van der Waals surface area contributed by atoms with Gasteiger partial charge in [0.25, 0.3) is 0 Å². The van der Waals surface area contributed by atoms with Crippen molar-refractivity contribution in [3.63, 3.8) is 0 Å². The highest BCUT2D eigenvalue weighted by molar-refractivity contribution is 7.22. The van der Waals surface area contributed by atoms with Crippen LogP contribution in [0.2, 0.25) is 0 Å². The number of nitrogens with zero attached hydrogens (tertiary/aromatic N) is 9. The second-order valence-corrected chi connectivity index (χ2v) is 35.3. The molecule has 0 bridgehead atoms. The fourth-order valence-electron chi connectivity index (χ4n) is 17.4. The fourth-order valence-corrected chi connectivity index (χ4v) is 20.3. The van der Waals surface area contributed by atoms with Gasteiger partial charge in [-0.05, 0) is 156 Å². The lowest BCUT2D eigenvalue weighted by Crippen LogP contribution is -1.96. The molecule has 12 nitrogen and oxygen atoms in total. The number of rotatable bonds is 14. The zero-order valence-electron chi connectivity index (χ0n) is 70.5. The molecule has 0 atom stereocenters. The smallest absolute Gasteiger partial charge is 0.161 e. The average Bonchev–Trinajstić information content (AvgIpc) is 1.59.